The summed E-state index contributed by atoms with van der Waals surface area (Å²) in [6.07, 6.45) is 2.97. The van der Waals surface area contributed by atoms with E-state index in [1.165, 1.54) is 11.3 Å². The SMILES string of the molecule is Nc1csc(S(=O)(=O)N2CCOC3CCCC32)c1. The molecule has 2 aliphatic rings. The Morgan fingerprint density at radius 2 is 2.28 bits per heavy atom. The van der Waals surface area contributed by atoms with Crippen LogP contribution in [0.15, 0.2) is 15.7 Å². The van der Waals surface area contributed by atoms with Gasteiger partial charge in [-0.2, -0.15) is 4.31 Å². The molecule has 7 heteroatoms. The smallest absolute Gasteiger partial charge is 0.253 e. The molecular formula is C11H16N2O3S2. The molecule has 18 heavy (non-hydrogen) atoms. The molecule has 0 spiro atoms. The first-order valence-electron chi connectivity index (χ1n) is 6.06. The zero-order valence-electron chi connectivity index (χ0n) is 9.91. The van der Waals surface area contributed by atoms with E-state index in [-0.39, 0.29) is 12.1 Å². The number of fused-ring (bicyclic) bond motifs is 1. The van der Waals surface area contributed by atoms with Crippen LogP contribution in [-0.4, -0.2) is 38.0 Å². The Labute approximate surface area is 111 Å². The predicted molar refractivity (Wildman–Crippen MR) is 70.0 cm³/mol. The lowest BCUT2D eigenvalue weighted by Gasteiger charge is -2.36. The number of nitrogens with zero attached hydrogens (tertiary/aromatic N) is 1. The maximum atomic E-state index is 12.6. The molecule has 2 unspecified atom stereocenters. The van der Waals surface area contributed by atoms with Gasteiger partial charge >= 0.3 is 0 Å². The molecule has 3 rings (SSSR count). The van der Waals surface area contributed by atoms with E-state index in [9.17, 15) is 8.42 Å². The highest BCUT2D eigenvalue weighted by atomic mass is 32.2. The van der Waals surface area contributed by atoms with Crippen LogP contribution >= 0.6 is 11.3 Å². The molecular weight excluding hydrogens is 272 g/mol. The Morgan fingerprint density at radius 3 is 3.00 bits per heavy atom. The van der Waals surface area contributed by atoms with Crippen LogP contribution in [0.1, 0.15) is 19.3 Å². The van der Waals surface area contributed by atoms with Crippen molar-refractivity contribution < 1.29 is 13.2 Å². The second kappa shape index (κ2) is 4.48. The Morgan fingerprint density at radius 1 is 1.44 bits per heavy atom. The van der Waals surface area contributed by atoms with Gasteiger partial charge < -0.3 is 10.5 Å². The van der Waals surface area contributed by atoms with Crippen molar-refractivity contribution in [3.05, 3.63) is 11.4 Å². The van der Waals surface area contributed by atoms with Crippen molar-refractivity contribution in [1.82, 2.24) is 4.31 Å². The third-order valence-corrected chi connectivity index (χ3v) is 6.95. The highest BCUT2D eigenvalue weighted by molar-refractivity contribution is 7.91. The fourth-order valence-corrected chi connectivity index (χ4v) is 5.64. The quantitative estimate of drug-likeness (QED) is 0.889. The number of rotatable bonds is 2. The van der Waals surface area contributed by atoms with E-state index >= 15 is 0 Å². The molecule has 2 fully saturated rings. The predicted octanol–water partition coefficient (Wildman–Crippen LogP) is 1.27. The van der Waals surface area contributed by atoms with Gasteiger partial charge in [0.1, 0.15) is 4.21 Å². The second-order valence-electron chi connectivity index (χ2n) is 4.72. The van der Waals surface area contributed by atoms with E-state index in [1.54, 1.807) is 15.8 Å². The summed E-state index contributed by atoms with van der Waals surface area (Å²) in [5, 5.41) is 1.67. The molecule has 0 aromatic carbocycles. The first-order valence-corrected chi connectivity index (χ1v) is 8.38. The summed E-state index contributed by atoms with van der Waals surface area (Å²) in [7, 11) is -3.40. The molecule has 1 aliphatic carbocycles. The van der Waals surface area contributed by atoms with Gasteiger partial charge in [0, 0.05) is 17.6 Å². The van der Waals surface area contributed by atoms with Gasteiger partial charge in [0.05, 0.1) is 18.8 Å². The van der Waals surface area contributed by atoms with Gasteiger partial charge in [-0.05, 0) is 25.3 Å². The van der Waals surface area contributed by atoms with Gasteiger partial charge in [-0.3, -0.25) is 0 Å². The monoisotopic (exact) mass is 288 g/mol. The molecule has 1 saturated carbocycles. The van der Waals surface area contributed by atoms with E-state index in [4.69, 9.17) is 10.5 Å². The minimum Gasteiger partial charge on any atom is -0.398 e. The van der Waals surface area contributed by atoms with Crippen LogP contribution in [0.5, 0.6) is 0 Å². The molecule has 0 bridgehead atoms. The minimum absolute atomic E-state index is 0.00655. The lowest BCUT2D eigenvalue weighted by Crippen LogP contribution is -2.50. The van der Waals surface area contributed by atoms with Crippen LogP contribution in [-0.2, 0) is 14.8 Å². The molecule has 0 amide bonds. The number of anilines is 1. The maximum Gasteiger partial charge on any atom is 0.253 e. The number of nitrogens with two attached hydrogens (primary N) is 1. The number of sulfonamides is 1. The lowest BCUT2D eigenvalue weighted by molar-refractivity contribution is -0.0241. The number of nitrogen functional groups attached to an aromatic ring is 1. The van der Waals surface area contributed by atoms with Crippen molar-refractivity contribution in [2.45, 2.75) is 35.6 Å². The van der Waals surface area contributed by atoms with E-state index in [0.717, 1.165) is 19.3 Å². The third kappa shape index (κ3) is 1.95. The van der Waals surface area contributed by atoms with Crippen molar-refractivity contribution in [3.8, 4) is 0 Å². The summed E-state index contributed by atoms with van der Waals surface area (Å²) in [5.41, 5.74) is 6.12. The molecule has 1 aromatic heterocycles. The van der Waals surface area contributed by atoms with Gasteiger partial charge in [0.2, 0.25) is 0 Å². The number of hydrogen-bond acceptors (Lipinski definition) is 5. The molecule has 1 saturated heterocycles. The van der Waals surface area contributed by atoms with Crippen molar-refractivity contribution in [2.24, 2.45) is 0 Å². The summed E-state index contributed by atoms with van der Waals surface area (Å²) in [4.78, 5) is 0. The Bertz CT molecular complexity index is 540. The Balaban J connectivity index is 1.93. The van der Waals surface area contributed by atoms with Crippen LogP contribution in [0.2, 0.25) is 0 Å². The zero-order chi connectivity index (χ0) is 12.8. The van der Waals surface area contributed by atoms with Crippen LogP contribution in [0.3, 0.4) is 0 Å². The van der Waals surface area contributed by atoms with Crippen LogP contribution in [0, 0.1) is 0 Å². The van der Waals surface area contributed by atoms with Crippen molar-refractivity contribution in [3.63, 3.8) is 0 Å². The summed E-state index contributed by atoms with van der Waals surface area (Å²) < 4.78 is 32.7. The van der Waals surface area contributed by atoms with Crippen LogP contribution in [0.25, 0.3) is 0 Å². The number of thiophene rings is 1. The fourth-order valence-electron chi connectivity index (χ4n) is 2.77. The highest BCUT2D eigenvalue weighted by Crippen LogP contribution is 2.35. The lowest BCUT2D eigenvalue weighted by atomic mass is 10.2. The molecule has 0 radical (unpaired) electrons. The number of hydrogen-bond donors (Lipinski definition) is 1. The van der Waals surface area contributed by atoms with Crippen LogP contribution in [0.4, 0.5) is 5.69 Å². The standard InChI is InChI=1S/C11H16N2O3S2/c12-8-6-11(17-7-8)18(14,15)13-4-5-16-10-3-1-2-9(10)13/h6-7,9-10H,1-5,12H2. The molecule has 2 atom stereocenters. The number of morpholine rings is 1. The van der Waals surface area contributed by atoms with E-state index in [1.807, 2.05) is 0 Å². The Hall–Kier alpha value is -0.630. The fraction of sp³-hybridized carbons (Fsp3) is 0.636. The van der Waals surface area contributed by atoms with Gasteiger partial charge in [-0.25, -0.2) is 8.42 Å². The van der Waals surface area contributed by atoms with E-state index in [0.29, 0.717) is 23.0 Å². The molecule has 5 nitrogen and oxygen atoms in total. The van der Waals surface area contributed by atoms with Crippen molar-refractivity contribution in [2.75, 3.05) is 18.9 Å². The molecule has 1 aliphatic heterocycles. The maximum absolute atomic E-state index is 12.6. The molecule has 1 aromatic rings. The van der Waals surface area contributed by atoms with Crippen molar-refractivity contribution in [1.29, 1.82) is 0 Å². The summed E-state index contributed by atoms with van der Waals surface area (Å²) in [5.74, 6) is 0. The van der Waals surface area contributed by atoms with E-state index in [2.05, 4.69) is 0 Å². The van der Waals surface area contributed by atoms with Gasteiger partial charge in [-0.15, -0.1) is 11.3 Å². The molecule has 2 N–H and O–H groups in total. The summed E-state index contributed by atoms with van der Waals surface area (Å²) in [6, 6.07) is 1.55. The molecule has 2 heterocycles. The topological polar surface area (TPSA) is 72.6 Å². The first kappa shape index (κ1) is 12.4. The Kier molecular flexibility index (Phi) is 3.09. The van der Waals surface area contributed by atoms with Gasteiger partial charge in [-0.1, -0.05) is 0 Å². The first-order chi connectivity index (χ1) is 8.59. The normalized spacial score (nSPS) is 29.3. The van der Waals surface area contributed by atoms with Gasteiger partial charge in [0.25, 0.3) is 10.0 Å². The van der Waals surface area contributed by atoms with Crippen LogP contribution < -0.4 is 5.73 Å². The van der Waals surface area contributed by atoms with Gasteiger partial charge in [0.15, 0.2) is 0 Å². The third-order valence-electron chi connectivity index (χ3n) is 3.59. The highest BCUT2D eigenvalue weighted by Gasteiger charge is 2.42. The zero-order valence-corrected chi connectivity index (χ0v) is 11.5. The second-order valence-corrected chi connectivity index (χ2v) is 7.75. The summed E-state index contributed by atoms with van der Waals surface area (Å²) in [6.45, 7) is 0.933. The number of ether oxygens (including phenoxy) is 1. The largest absolute Gasteiger partial charge is 0.398 e. The average molecular weight is 288 g/mol. The minimum atomic E-state index is -3.40. The molecule has 100 valence electrons. The average Bonchev–Trinajstić information content (AvgIpc) is 2.96. The van der Waals surface area contributed by atoms with Crippen molar-refractivity contribution >= 4 is 27.0 Å². The van der Waals surface area contributed by atoms with E-state index < -0.39 is 10.0 Å². The summed E-state index contributed by atoms with van der Waals surface area (Å²) >= 11 is 1.19.